The van der Waals surface area contributed by atoms with Gasteiger partial charge in [-0.05, 0) is 62.3 Å². The van der Waals surface area contributed by atoms with E-state index in [1.807, 2.05) is 36.4 Å². The molecule has 0 unspecified atom stereocenters. The van der Waals surface area contributed by atoms with Crippen LogP contribution in [0, 0.1) is 11.3 Å². The third kappa shape index (κ3) is 5.76. The van der Waals surface area contributed by atoms with Gasteiger partial charge in [-0.15, -0.1) is 11.3 Å². The molecule has 7 heteroatoms. The van der Waals surface area contributed by atoms with Crippen molar-refractivity contribution in [3.8, 4) is 17.6 Å². The number of carbonyl (C=O) groups is 1. The molecule has 0 radical (unpaired) electrons. The smallest absolute Gasteiger partial charge is 0.254 e. The van der Waals surface area contributed by atoms with E-state index in [0.717, 1.165) is 60.2 Å². The third-order valence-electron chi connectivity index (χ3n) is 7.38. The fourth-order valence-corrected chi connectivity index (χ4v) is 6.59. The molecule has 2 aromatic carbocycles. The first-order chi connectivity index (χ1) is 18.7. The molecule has 1 N–H and O–H groups in total. The van der Waals surface area contributed by atoms with Crippen LogP contribution in [0.15, 0.2) is 47.5 Å². The number of amides is 1. The molecule has 2 aliphatic rings. The first-order valence-electron chi connectivity index (χ1n) is 13.4. The molecule has 1 fully saturated rings. The number of aliphatic imine (C=N–C) groups is 1. The van der Waals surface area contributed by atoms with Crippen LogP contribution in [-0.4, -0.2) is 25.3 Å². The minimum absolute atomic E-state index is 0.0127. The first kappa shape index (κ1) is 26.0. The number of hydrogen-bond donors (Lipinski definition) is 1. The largest absolute Gasteiger partial charge is 0.493 e. The number of carbonyl (C=O) groups excluding carboxylic acids is 1. The summed E-state index contributed by atoms with van der Waals surface area (Å²) in [5.74, 6) is 1.16. The van der Waals surface area contributed by atoms with Crippen LogP contribution in [0.1, 0.15) is 82.4 Å². The minimum atomic E-state index is 0.0127. The molecule has 0 spiro atoms. The lowest BCUT2D eigenvalue weighted by Crippen LogP contribution is -2.36. The van der Waals surface area contributed by atoms with E-state index in [4.69, 9.17) is 14.5 Å². The fraction of sp³-hybridized carbons (Fsp3) is 0.387. The number of para-hydroxylation sites is 1. The van der Waals surface area contributed by atoms with Crippen molar-refractivity contribution in [1.82, 2.24) is 5.32 Å². The number of nitriles is 1. The number of methoxy groups -OCH3 is 1. The van der Waals surface area contributed by atoms with Gasteiger partial charge in [0.05, 0.1) is 24.3 Å². The Morgan fingerprint density at radius 3 is 2.74 bits per heavy atom. The minimum Gasteiger partial charge on any atom is -0.493 e. The van der Waals surface area contributed by atoms with Gasteiger partial charge in [0.2, 0.25) is 0 Å². The third-order valence-corrected chi connectivity index (χ3v) is 8.58. The molecule has 196 valence electrons. The van der Waals surface area contributed by atoms with Crippen molar-refractivity contribution in [3.05, 3.63) is 75.2 Å². The maximum Gasteiger partial charge on any atom is 0.254 e. The van der Waals surface area contributed by atoms with Gasteiger partial charge in [-0.25, -0.2) is 4.99 Å². The van der Waals surface area contributed by atoms with E-state index >= 15 is 0 Å². The van der Waals surface area contributed by atoms with E-state index in [9.17, 15) is 10.1 Å². The monoisotopic (exact) mass is 527 g/mol. The van der Waals surface area contributed by atoms with Crippen molar-refractivity contribution in [1.29, 1.82) is 5.26 Å². The Labute approximate surface area is 228 Å². The Hall–Kier alpha value is -3.63. The number of ether oxygens (including phenoxy) is 2. The Balaban J connectivity index is 1.44. The topological polar surface area (TPSA) is 83.7 Å². The number of rotatable bonds is 8. The number of nitrogens with zero attached hydrogens (tertiary/aromatic N) is 2. The SMILES string of the molecule is COc1cccc(C=Nc2sc3c(c2C(=O)NC2CCCCC2)CCCC3)c1OCc1ccccc1C#N. The predicted octanol–water partition coefficient (Wildman–Crippen LogP) is 6.90. The average molecular weight is 528 g/mol. The van der Waals surface area contributed by atoms with Gasteiger partial charge in [0.25, 0.3) is 5.91 Å². The van der Waals surface area contributed by atoms with Gasteiger partial charge in [0.1, 0.15) is 11.6 Å². The van der Waals surface area contributed by atoms with Gasteiger partial charge in [-0.1, -0.05) is 43.5 Å². The highest BCUT2D eigenvalue weighted by Crippen LogP contribution is 2.40. The van der Waals surface area contributed by atoms with Gasteiger partial charge in [-0.3, -0.25) is 4.79 Å². The number of nitrogens with one attached hydrogen (secondary N) is 1. The molecule has 0 saturated heterocycles. The molecule has 6 nitrogen and oxygen atoms in total. The zero-order valence-electron chi connectivity index (χ0n) is 21.8. The van der Waals surface area contributed by atoms with E-state index in [-0.39, 0.29) is 18.6 Å². The predicted molar refractivity (Wildman–Crippen MR) is 151 cm³/mol. The Bertz CT molecular complexity index is 1370. The Morgan fingerprint density at radius 2 is 1.92 bits per heavy atom. The average Bonchev–Trinajstić information content (AvgIpc) is 3.34. The number of benzene rings is 2. The zero-order valence-corrected chi connectivity index (χ0v) is 22.6. The Morgan fingerprint density at radius 1 is 1.11 bits per heavy atom. The van der Waals surface area contributed by atoms with Crippen molar-refractivity contribution in [2.24, 2.45) is 4.99 Å². The maximum absolute atomic E-state index is 13.5. The van der Waals surface area contributed by atoms with Crippen molar-refractivity contribution < 1.29 is 14.3 Å². The molecule has 2 aliphatic carbocycles. The van der Waals surface area contributed by atoms with Gasteiger partial charge < -0.3 is 14.8 Å². The first-order valence-corrected chi connectivity index (χ1v) is 14.3. The highest BCUT2D eigenvalue weighted by atomic mass is 32.1. The lowest BCUT2D eigenvalue weighted by atomic mass is 9.93. The highest BCUT2D eigenvalue weighted by Gasteiger charge is 2.27. The molecule has 38 heavy (non-hydrogen) atoms. The molecule has 1 saturated carbocycles. The van der Waals surface area contributed by atoms with Crippen LogP contribution >= 0.6 is 11.3 Å². The van der Waals surface area contributed by atoms with Crippen molar-refractivity contribution in [3.63, 3.8) is 0 Å². The molecule has 0 aliphatic heterocycles. The van der Waals surface area contributed by atoms with Crippen LogP contribution in [0.4, 0.5) is 5.00 Å². The van der Waals surface area contributed by atoms with Crippen molar-refractivity contribution >= 4 is 28.5 Å². The van der Waals surface area contributed by atoms with Crippen molar-refractivity contribution in [2.75, 3.05) is 7.11 Å². The number of aryl methyl sites for hydroxylation is 1. The van der Waals surface area contributed by atoms with Gasteiger partial charge in [-0.2, -0.15) is 5.26 Å². The van der Waals surface area contributed by atoms with Gasteiger partial charge >= 0.3 is 0 Å². The van der Waals surface area contributed by atoms with E-state index in [0.29, 0.717) is 17.1 Å². The number of thiophene rings is 1. The summed E-state index contributed by atoms with van der Waals surface area (Å²) in [6.07, 6.45) is 11.7. The van der Waals surface area contributed by atoms with Gasteiger partial charge in [0.15, 0.2) is 11.5 Å². The summed E-state index contributed by atoms with van der Waals surface area (Å²) in [5.41, 5.74) is 4.06. The molecular formula is C31H33N3O3S. The fourth-order valence-electron chi connectivity index (χ4n) is 5.36. The summed E-state index contributed by atoms with van der Waals surface area (Å²) in [7, 11) is 1.60. The van der Waals surface area contributed by atoms with Crippen LogP contribution in [0.2, 0.25) is 0 Å². The normalized spacial score (nSPS) is 15.6. The molecule has 0 bridgehead atoms. The molecule has 5 rings (SSSR count). The standard InChI is InChI=1S/C31H33N3O3S/c1-36-26-16-9-12-22(29(26)37-20-23-11-6-5-10-21(23)18-32)19-33-31-28(25-15-7-8-17-27(25)38-31)30(35)34-24-13-3-2-4-14-24/h5-6,9-12,16,19,24H,2-4,7-8,13-15,17,20H2,1H3,(H,34,35). The molecule has 0 atom stereocenters. The lowest BCUT2D eigenvalue weighted by molar-refractivity contribution is 0.0927. The second kappa shape index (κ2) is 12.3. The second-order valence-corrected chi connectivity index (χ2v) is 11.0. The molecular weight excluding hydrogens is 494 g/mol. The van der Waals surface area contributed by atoms with Crippen LogP contribution < -0.4 is 14.8 Å². The number of fused-ring (bicyclic) bond motifs is 1. The van der Waals surface area contributed by atoms with Crippen LogP contribution in [-0.2, 0) is 19.4 Å². The lowest BCUT2D eigenvalue weighted by Gasteiger charge is -2.23. The summed E-state index contributed by atoms with van der Waals surface area (Å²) in [5, 5.41) is 13.5. The van der Waals surface area contributed by atoms with Crippen LogP contribution in [0.25, 0.3) is 0 Å². The van der Waals surface area contributed by atoms with E-state index in [1.165, 1.54) is 29.7 Å². The van der Waals surface area contributed by atoms with Gasteiger partial charge in [0, 0.05) is 28.3 Å². The Kier molecular flexibility index (Phi) is 8.40. The zero-order chi connectivity index (χ0) is 26.3. The molecule has 1 heterocycles. The van der Waals surface area contributed by atoms with Crippen LogP contribution in [0.5, 0.6) is 11.5 Å². The summed E-state index contributed by atoms with van der Waals surface area (Å²) in [6.45, 7) is 0.229. The summed E-state index contributed by atoms with van der Waals surface area (Å²) in [6, 6.07) is 15.5. The molecule has 3 aromatic rings. The molecule has 1 amide bonds. The summed E-state index contributed by atoms with van der Waals surface area (Å²) < 4.78 is 11.8. The van der Waals surface area contributed by atoms with E-state index in [1.54, 1.807) is 30.7 Å². The van der Waals surface area contributed by atoms with E-state index in [2.05, 4.69) is 11.4 Å². The van der Waals surface area contributed by atoms with E-state index < -0.39 is 0 Å². The highest BCUT2D eigenvalue weighted by molar-refractivity contribution is 7.16. The second-order valence-electron chi connectivity index (χ2n) is 9.89. The summed E-state index contributed by atoms with van der Waals surface area (Å²) in [4.78, 5) is 19.7. The van der Waals surface area contributed by atoms with Crippen LogP contribution in [0.3, 0.4) is 0 Å². The molecule has 1 aromatic heterocycles. The van der Waals surface area contributed by atoms with Crippen molar-refractivity contribution in [2.45, 2.75) is 70.4 Å². The summed E-state index contributed by atoms with van der Waals surface area (Å²) >= 11 is 1.64. The quantitative estimate of drug-likeness (QED) is 0.323. The number of hydrogen-bond acceptors (Lipinski definition) is 6. The maximum atomic E-state index is 13.5.